The number of aliphatic carboxylic acids is 1. The molecular weight excluding hydrogens is 600 g/mol. The number of hydrogen-bond donors (Lipinski definition) is 6. The second-order valence-corrected chi connectivity index (χ2v) is 10.3. The van der Waals surface area contributed by atoms with Crippen LogP contribution in [0.4, 0.5) is 0 Å². The van der Waals surface area contributed by atoms with Crippen LogP contribution in [0.5, 0.6) is 5.75 Å². The second kappa shape index (κ2) is 17.9. The van der Waals surface area contributed by atoms with E-state index < -0.39 is 54.8 Å². The van der Waals surface area contributed by atoms with E-state index in [1.165, 1.54) is 19.1 Å². The van der Waals surface area contributed by atoms with Gasteiger partial charge in [0, 0.05) is 43.8 Å². The zero-order chi connectivity index (χ0) is 32.9. The summed E-state index contributed by atoms with van der Waals surface area (Å²) in [5.41, 5.74) is 1.34. The molecule has 3 amide bonds. The molecule has 2 unspecified atom stereocenters. The molecule has 6 N–H and O–H groups in total. The number of aliphatic hydroxyl groups is 4. The van der Waals surface area contributed by atoms with Gasteiger partial charge in [0.05, 0.1) is 26.4 Å². The molecule has 45 heavy (non-hydrogen) atoms. The first-order valence-electron chi connectivity index (χ1n) is 14.4. The number of carboxylic acids is 1. The number of imide groups is 1. The van der Waals surface area contributed by atoms with E-state index in [-0.39, 0.29) is 44.4 Å². The highest BCUT2D eigenvalue weighted by Crippen LogP contribution is 2.28. The van der Waals surface area contributed by atoms with Crippen molar-refractivity contribution >= 4 is 23.7 Å². The van der Waals surface area contributed by atoms with Crippen molar-refractivity contribution in [3.8, 4) is 5.75 Å². The highest BCUT2D eigenvalue weighted by atomic mass is 16.7. The van der Waals surface area contributed by atoms with Gasteiger partial charge in [0.25, 0.3) is 11.8 Å². The maximum atomic E-state index is 11.9. The van der Waals surface area contributed by atoms with Crippen LogP contribution in [-0.2, 0) is 51.2 Å². The van der Waals surface area contributed by atoms with Gasteiger partial charge in [-0.25, -0.2) is 4.79 Å². The predicted molar refractivity (Wildman–Crippen MR) is 151 cm³/mol. The number of amides is 3. The molecular formula is C29H40N2O14. The van der Waals surface area contributed by atoms with Crippen LogP contribution < -0.4 is 10.1 Å². The Morgan fingerprint density at radius 3 is 2.36 bits per heavy atom. The number of carbonyl (C=O) groups excluding carboxylic acids is 3. The number of ether oxygens (including phenoxy) is 5. The van der Waals surface area contributed by atoms with Crippen molar-refractivity contribution in [1.82, 2.24) is 10.2 Å². The summed E-state index contributed by atoms with van der Waals surface area (Å²) in [7, 11) is 0. The fraction of sp³-hybridized carbons (Fsp3) is 0.586. The summed E-state index contributed by atoms with van der Waals surface area (Å²) in [5, 5.41) is 51.7. The van der Waals surface area contributed by atoms with Gasteiger partial charge in [0.15, 0.2) is 12.4 Å². The van der Waals surface area contributed by atoms with E-state index in [4.69, 9.17) is 23.7 Å². The zero-order valence-electron chi connectivity index (χ0n) is 24.8. The van der Waals surface area contributed by atoms with Gasteiger partial charge in [-0.05, 0) is 37.5 Å². The average molecular weight is 641 g/mol. The lowest BCUT2D eigenvalue weighted by molar-refractivity contribution is -0.271. The van der Waals surface area contributed by atoms with Crippen LogP contribution >= 0.6 is 0 Å². The third-order valence-corrected chi connectivity index (χ3v) is 6.82. The Balaban J connectivity index is 1.35. The number of carboxylic acid groups (broad SMARTS) is 1. The van der Waals surface area contributed by atoms with E-state index in [0.717, 1.165) is 10.5 Å². The van der Waals surface area contributed by atoms with Crippen molar-refractivity contribution in [2.75, 3.05) is 39.5 Å². The Morgan fingerprint density at radius 2 is 1.69 bits per heavy atom. The van der Waals surface area contributed by atoms with Crippen LogP contribution in [0.15, 0.2) is 30.4 Å². The second-order valence-electron chi connectivity index (χ2n) is 10.3. The van der Waals surface area contributed by atoms with Crippen LogP contribution in [0.2, 0.25) is 0 Å². The summed E-state index contributed by atoms with van der Waals surface area (Å²) in [5.74, 6) is -2.53. The lowest BCUT2D eigenvalue weighted by Crippen LogP contribution is -2.61. The Hall–Kier alpha value is -3.48. The minimum Gasteiger partial charge on any atom is -0.479 e. The lowest BCUT2D eigenvalue weighted by atomic mass is 9.99. The molecule has 16 heteroatoms. The molecule has 1 saturated heterocycles. The van der Waals surface area contributed by atoms with E-state index in [9.17, 15) is 44.7 Å². The fourth-order valence-corrected chi connectivity index (χ4v) is 4.42. The van der Waals surface area contributed by atoms with Crippen molar-refractivity contribution < 1.29 is 68.4 Å². The first-order chi connectivity index (χ1) is 21.5. The molecule has 0 aliphatic carbocycles. The largest absolute Gasteiger partial charge is 0.479 e. The van der Waals surface area contributed by atoms with Crippen molar-refractivity contribution in [1.29, 1.82) is 0 Å². The molecule has 2 aliphatic heterocycles. The summed E-state index contributed by atoms with van der Waals surface area (Å²) < 4.78 is 27.2. The molecule has 16 nitrogen and oxygen atoms in total. The van der Waals surface area contributed by atoms with Gasteiger partial charge in [0.2, 0.25) is 12.2 Å². The van der Waals surface area contributed by atoms with E-state index in [0.29, 0.717) is 38.2 Å². The number of nitrogens with zero attached hydrogens (tertiary/aromatic N) is 1. The standard InChI is InChI=1S/C29H40N2O14/c1-17(32)43-16-19-15-18(4-5-20(19)44-29-26(38)24(36)25(37)27(45-29)28(39)40)3-2-11-41-13-14-42-12-9-30-21(33)8-10-31-22(34)6-7-23(31)35/h4-7,15,17,24-27,29,32,36-38H,2-3,8-14,16H2,1H3,(H,30,33)(H,39,40)/t17?,24-,25-,26-,27-,29?/m0/s1. The number of benzene rings is 1. The van der Waals surface area contributed by atoms with Gasteiger partial charge in [-0.3, -0.25) is 19.3 Å². The topological polar surface area (TPSA) is 231 Å². The van der Waals surface area contributed by atoms with Crippen LogP contribution in [0, 0.1) is 0 Å². The van der Waals surface area contributed by atoms with Crippen LogP contribution in [-0.4, -0.2) is 131 Å². The fourth-order valence-electron chi connectivity index (χ4n) is 4.42. The Labute approximate surface area is 259 Å². The predicted octanol–water partition coefficient (Wildman–Crippen LogP) is -1.79. The first kappa shape index (κ1) is 36.0. The number of hydrogen-bond acceptors (Lipinski definition) is 13. The number of rotatable bonds is 19. The summed E-state index contributed by atoms with van der Waals surface area (Å²) in [6.07, 6.45) is -6.29. The molecule has 2 heterocycles. The monoisotopic (exact) mass is 640 g/mol. The summed E-state index contributed by atoms with van der Waals surface area (Å²) in [6.45, 7) is 2.98. The molecule has 0 aromatic heterocycles. The highest BCUT2D eigenvalue weighted by molar-refractivity contribution is 6.13. The minimum absolute atomic E-state index is 0.00745. The summed E-state index contributed by atoms with van der Waals surface area (Å²) >= 11 is 0. The molecule has 1 aromatic carbocycles. The highest BCUT2D eigenvalue weighted by Gasteiger charge is 2.48. The normalized spacial score (nSPS) is 23.8. The zero-order valence-corrected chi connectivity index (χ0v) is 24.8. The summed E-state index contributed by atoms with van der Waals surface area (Å²) in [4.78, 5) is 47.2. The Kier molecular flexibility index (Phi) is 14.3. The van der Waals surface area contributed by atoms with Crippen molar-refractivity contribution in [2.45, 2.75) is 69.8 Å². The first-order valence-corrected chi connectivity index (χ1v) is 14.4. The number of aryl methyl sites for hydroxylation is 1. The number of carbonyl (C=O) groups is 4. The third kappa shape index (κ3) is 11.1. The molecule has 1 fully saturated rings. The molecule has 6 atom stereocenters. The van der Waals surface area contributed by atoms with Crippen molar-refractivity contribution in [2.24, 2.45) is 0 Å². The maximum Gasteiger partial charge on any atom is 0.335 e. The molecule has 0 saturated carbocycles. The molecule has 250 valence electrons. The van der Waals surface area contributed by atoms with Gasteiger partial charge in [-0.2, -0.15) is 0 Å². The van der Waals surface area contributed by atoms with Gasteiger partial charge in [-0.1, -0.05) is 6.07 Å². The summed E-state index contributed by atoms with van der Waals surface area (Å²) in [6, 6.07) is 5.06. The molecule has 2 aliphatic rings. The minimum atomic E-state index is -1.85. The molecule has 0 bridgehead atoms. The van der Waals surface area contributed by atoms with Crippen LogP contribution in [0.3, 0.4) is 0 Å². The smallest absolute Gasteiger partial charge is 0.335 e. The van der Waals surface area contributed by atoms with E-state index >= 15 is 0 Å². The van der Waals surface area contributed by atoms with E-state index in [1.807, 2.05) is 0 Å². The Morgan fingerprint density at radius 1 is 1.00 bits per heavy atom. The van der Waals surface area contributed by atoms with Gasteiger partial charge in [-0.15, -0.1) is 0 Å². The van der Waals surface area contributed by atoms with Gasteiger partial charge < -0.3 is 54.5 Å². The lowest BCUT2D eigenvalue weighted by Gasteiger charge is -2.38. The molecule has 1 aromatic rings. The maximum absolute atomic E-state index is 11.9. The average Bonchev–Trinajstić information content (AvgIpc) is 3.32. The molecule has 0 spiro atoms. The van der Waals surface area contributed by atoms with Crippen molar-refractivity contribution in [3.05, 3.63) is 41.5 Å². The van der Waals surface area contributed by atoms with Crippen molar-refractivity contribution in [3.63, 3.8) is 0 Å². The SMILES string of the molecule is CC(O)OCc1cc(CCCOCCOCCNC(=O)CCN2C(=O)C=CC2=O)ccc1OC1O[C@H](C(=O)O)[C@@H](O)[C@H](O)[C@@H]1O. The molecule has 3 rings (SSSR count). The van der Waals surface area contributed by atoms with E-state index in [1.54, 1.807) is 18.2 Å². The number of nitrogens with one attached hydrogen (secondary N) is 1. The van der Waals surface area contributed by atoms with Gasteiger partial charge >= 0.3 is 5.97 Å². The van der Waals surface area contributed by atoms with Crippen LogP contribution in [0.1, 0.15) is 30.9 Å². The van der Waals surface area contributed by atoms with E-state index in [2.05, 4.69) is 5.32 Å². The Bertz CT molecular complexity index is 1170. The van der Waals surface area contributed by atoms with Gasteiger partial charge in [0.1, 0.15) is 24.1 Å². The molecule has 0 radical (unpaired) electrons. The quantitative estimate of drug-likeness (QED) is 0.0557. The van der Waals surface area contributed by atoms with Crippen LogP contribution in [0.25, 0.3) is 0 Å². The number of aliphatic hydroxyl groups excluding tert-OH is 4. The third-order valence-electron chi connectivity index (χ3n) is 6.82.